The highest BCUT2D eigenvalue weighted by molar-refractivity contribution is 7.92. The van der Waals surface area contributed by atoms with Crippen LogP contribution in [0.25, 0.3) is 11.1 Å². The van der Waals surface area contributed by atoms with Crippen LogP contribution in [0.1, 0.15) is 27.6 Å². The van der Waals surface area contributed by atoms with Gasteiger partial charge in [0, 0.05) is 27.2 Å². The van der Waals surface area contributed by atoms with Gasteiger partial charge in [0.25, 0.3) is 15.9 Å². The number of nitrogens with one attached hydrogen (secondary N) is 2. The molecular weight excluding hydrogens is 520 g/mol. The number of ether oxygens (including phenoxy) is 1. The van der Waals surface area contributed by atoms with Crippen molar-refractivity contribution in [2.75, 3.05) is 16.6 Å². The van der Waals surface area contributed by atoms with Gasteiger partial charge in [0.05, 0.1) is 11.5 Å². The van der Waals surface area contributed by atoms with Crippen molar-refractivity contribution in [1.29, 1.82) is 0 Å². The van der Waals surface area contributed by atoms with Crippen molar-refractivity contribution in [2.24, 2.45) is 0 Å². The summed E-state index contributed by atoms with van der Waals surface area (Å²) < 4.78 is 33.4. The van der Waals surface area contributed by atoms with Gasteiger partial charge >= 0.3 is 5.97 Å². The monoisotopic (exact) mass is 540 g/mol. The summed E-state index contributed by atoms with van der Waals surface area (Å²) in [5.74, 6) is -1.12. The second-order valence-corrected chi connectivity index (χ2v) is 10.5. The SMILES string of the molecule is CCOC(=O)c1c(-c2ccccc2)csc1NC(=O)c1cccc(S(=O)(=O)Nc2ccc(Cl)cc2)c1. The van der Waals surface area contributed by atoms with Crippen LogP contribution in [0.15, 0.2) is 89.1 Å². The molecule has 0 atom stereocenters. The average Bonchev–Trinajstić information content (AvgIpc) is 3.29. The molecule has 0 fully saturated rings. The minimum atomic E-state index is -3.96. The van der Waals surface area contributed by atoms with Crippen LogP contribution in [-0.4, -0.2) is 26.9 Å². The first-order chi connectivity index (χ1) is 17.3. The molecule has 1 aromatic heterocycles. The van der Waals surface area contributed by atoms with E-state index >= 15 is 0 Å². The van der Waals surface area contributed by atoms with Crippen LogP contribution in [-0.2, 0) is 14.8 Å². The molecule has 4 aromatic rings. The van der Waals surface area contributed by atoms with Crippen molar-refractivity contribution in [1.82, 2.24) is 0 Å². The zero-order valence-corrected chi connectivity index (χ0v) is 21.4. The van der Waals surface area contributed by atoms with E-state index in [4.69, 9.17) is 16.3 Å². The van der Waals surface area contributed by atoms with E-state index in [1.807, 2.05) is 30.3 Å². The summed E-state index contributed by atoms with van der Waals surface area (Å²) in [6.07, 6.45) is 0. The molecule has 1 heterocycles. The van der Waals surface area contributed by atoms with Crippen molar-refractivity contribution in [3.8, 4) is 11.1 Å². The maximum absolute atomic E-state index is 13.1. The number of thiophene rings is 1. The molecule has 0 unspecified atom stereocenters. The average molecular weight is 541 g/mol. The molecule has 0 aliphatic carbocycles. The number of rotatable bonds is 8. The molecule has 2 N–H and O–H groups in total. The number of esters is 1. The molecule has 0 bridgehead atoms. The highest BCUT2D eigenvalue weighted by atomic mass is 35.5. The summed E-state index contributed by atoms with van der Waals surface area (Å²) >= 11 is 7.04. The van der Waals surface area contributed by atoms with Gasteiger partial charge in [0.15, 0.2) is 0 Å². The predicted octanol–water partition coefficient (Wildman–Crippen LogP) is 6.30. The van der Waals surface area contributed by atoms with E-state index in [1.165, 1.54) is 47.7 Å². The Kier molecular flexibility index (Phi) is 7.73. The Morgan fingerprint density at radius 3 is 2.39 bits per heavy atom. The molecule has 0 saturated heterocycles. The van der Waals surface area contributed by atoms with Crippen LogP contribution < -0.4 is 10.0 Å². The second-order valence-electron chi connectivity index (χ2n) is 7.53. The van der Waals surface area contributed by atoms with Gasteiger partial charge in [-0.2, -0.15) is 0 Å². The van der Waals surface area contributed by atoms with Crippen LogP contribution in [0, 0.1) is 0 Å². The molecule has 0 spiro atoms. The summed E-state index contributed by atoms with van der Waals surface area (Å²) in [7, 11) is -3.96. The van der Waals surface area contributed by atoms with Gasteiger partial charge in [-0.25, -0.2) is 13.2 Å². The number of hydrogen-bond donors (Lipinski definition) is 2. The van der Waals surface area contributed by atoms with Crippen molar-refractivity contribution >= 4 is 55.5 Å². The fraction of sp³-hybridized carbons (Fsp3) is 0.0769. The first-order valence-electron chi connectivity index (χ1n) is 10.8. The third kappa shape index (κ3) is 5.76. The maximum atomic E-state index is 13.1. The number of amides is 1. The Balaban J connectivity index is 1.61. The molecule has 1 amide bonds. The van der Waals surface area contributed by atoms with Crippen LogP contribution in [0.3, 0.4) is 0 Å². The van der Waals surface area contributed by atoms with E-state index in [0.29, 0.717) is 21.3 Å². The largest absolute Gasteiger partial charge is 0.462 e. The molecule has 184 valence electrons. The topological polar surface area (TPSA) is 102 Å². The van der Waals surface area contributed by atoms with Crippen LogP contribution in [0.5, 0.6) is 0 Å². The molecule has 7 nitrogen and oxygen atoms in total. The van der Waals surface area contributed by atoms with Gasteiger partial charge in [-0.3, -0.25) is 9.52 Å². The minimum absolute atomic E-state index is 0.0909. The first-order valence-corrected chi connectivity index (χ1v) is 13.6. The van der Waals surface area contributed by atoms with Crippen LogP contribution in [0.2, 0.25) is 5.02 Å². The Labute approximate surface area is 217 Å². The van der Waals surface area contributed by atoms with Crippen molar-refractivity contribution in [3.63, 3.8) is 0 Å². The lowest BCUT2D eigenvalue weighted by Crippen LogP contribution is -2.17. The summed E-state index contributed by atoms with van der Waals surface area (Å²) in [5.41, 5.74) is 2.13. The van der Waals surface area contributed by atoms with Gasteiger partial charge in [0.1, 0.15) is 10.6 Å². The lowest BCUT2D eigenvalue weighted by molar-refractivity contribution is 0.0529. The van der Waals surface area contributed by atoms with E-state index in [2.05, 4.69) is 10.0 Å². The summed E-state index contributed by atoms with van der Waals surface area (Å²) in [6, 6.07) is 21.1. The first kappa shape index (κ1) is 25.4. The highest BCUT2D eigenvalue weighted by Gasteiger charge is 2.24. The molecule has 0 aliphatic heterocycles. The van der Waals surface area contributed by atoms with E-state index < -0.39 is 21.9 Å². The van der Waals surface area contributed by atoms with E-state index in [-0.39, 0.29) is 22.6 Å². The highest BCUT2D eigenvalue weighted by Crippen LogP contribution is 2.36. The fourth-order valence-electron chi connectivity index (χ4n) is 3.40. The molecule has 0 radical (unpaired) electrons. The standard InChI is InChI=1S/C26H21ClN2O5S2/c1-2-34-26(31)23-22(17-7-4-3-5-8-17)16-35-25(23)28-24(30)18-9-6-10-21(15-18)36(32,33)29-20-13-11-19(27)12-14-20/h3-16,29H,2H2,1H3,(H,28,30). The number of sulfonamides is 1. The molecule has 0 aliphatic rings. The smallest absolute Gasteiger partial charge is 0.341 e. The Morgan fingerprint density at radius 1 is 0.972 bits per heavy atom. The molecular formula is C26H21ClN2O5S2. The van der Waals surface area contributed by atoms with Gasteiger partial charge < -0.3 is 10.1 Å². The molecule has 4 rings (SSSR count). The molecule has 36 heavy (non-hydrogen) atoms. The number of hydrogen-bond acceptors (Lipinski definition) is 6. The molecule has 0 saturated carbocycles. The number of anilines is 2. The van der Waals surface area contributed by atoms with Crippen molar-refractivity contribution in [2.45, 2.75) is 11.8 Å². The summed E-state index contributed by atoms with van der Waals surface area (Å²) in [6.45, 7) is 1.88. The van der Waals surface area contributed by atoms with Gasteiger partial charge in [-0.1, -0.05) is 48.0 Å². The minimum Gasteiger partial charge on any atom is -0.462 e. The van der Waals surface area contributed by atoms with E-state index in [0.717, 1.165) is 5.56 Å². The van der Waals surface area contributed by atoms with Crippen molar-refractivity contribution in [3.05, 3.63) is 100 Å². The zero-order chi connectivity index (χ0) is 25.7. The van der Waals surface area contributed by atoms with E-state index in [1.54, 1.807) is 24.4 Å². The third-order valence-corrected chi connectivity index (χ3v) is 7.61. The number of carbonyl (C=O) groups excluding carboxylic acids is 2. The normalized spacial score (nSPS) is 11.1. The Morgan fingerprint density at radius 2 is 1.69 bits per heavy atom. The third-order valence-electron chi connectivity index (χ3n) is 5.09. The Hall–Kier alpha value is -3.66. The van der Waals surface area contributed by atoms with Gasteiger partial charge in [-0.05, 0) is 55.0 Å². The Bertz CT molecular complexity index is 1500. The lowest BCUT2D eigenvalue weighted by atomic mass is 10.0. The summed E-state index contributed by atoms with van der Waals surface area (Å²) in [4.78, 5) is 25.7. The van der Waals surface area contributed by atoms with Gasteiger partial charge in [-0.15, -0.1) is 11.3 Å². The van der Waals surface area contributed by atoms with Crippen LogP contribution >= 0.6 is 22.9 Å². The zero-order valence-electron chi connectivity index (χ0n) is 19.0. The number of benzene rings is 3. The lowest BCUT2D eigenvalue weighted by Gasteiger charge is -2.11. The number of halogens is 1. The fourth-order valence-corrected chi connectivity index (χ4v) is 5.58. The van der Waals surface area contributed by atoms with Crippen LogP contribution in [0.4, 0.5) is 10.7 Å². The second kappa shape index (κ2) is 10.9. The predicted molar refractivity (Wildman–Crippen MR) is 142 cm³/mol. The number of carbonyl (C=O) groups is 2. The quantitative estimate of drug-likeness (QED) is 0.255. The molecule has 10 heteroatoms. The van der Waals surface area contributed by atoms with Gasteiger partial charge in [0.2, 0.25) is 0 Å². The van der Waals surface area contributed by atoms with Crippen molar-refractivity contribution < 1.29 is 22.7 Å². The van der Waals surface area contributed by atoms with E-state index in [9.17, 15) is 18.0 Å². The maximum Gasteiger partial charge on any atom is 0.341 e. The molecule has 3 aromatic carbocycles. The summed E-state index contributed by atoms with van der Waals surface area (Å²) in [5, 5.41) is 5.30.